The van der Waals surface area contributed by atoms with Crippen LogP contribution in [0.3, 0.4) is 0 Å². The van der Waals surface area contributed by atoms with Crippen LogP contribution in [0.1, 0.15) is 162 Å². The monoisotopic (exact) mass is 786 g/mol. The molecule has 0 aromatic heterocycles. The van der Waals surface area contributed by atoms with E-state index >= 15 is 0 Å². The highest BCUT2D eigenvalue weighted by molar-refractivity contribution is 4.62. The van der Waals surface area contributed by atoms with Crippen LogP contribution in [0.25, 0.3) is 0 Å². The van der Waals surface area contributed by atoms with Gasteiger partial charge in [-0.3, -0.25) is 0 Å². The van der Waals surface area contributed by atoms with E-state index in [9.17, 15) is 0 Å². The molecule has 0 saturated heterocycles. The van der Waals surface area contributed by atoms with Crippen molar-refractivity contribution in [3.63, 3.8) is 0 Å². The Morgan fingerprint density at radius 1 is 0.245 bits per heavy atom. The van der Waals surface area contributed by atoms with Crippen molar-refractivity contribution in [1.82, 2.24) is 0 Å². The minimum absolute atomic E-state index is 0.188. The highest BCUT2D eigenvalue weighted by Gasteiger charge is 2.41. The maximum absolute atomic E-state index is 9.09. The van der Waals surface area contributed by atoms with Crippen LogP contribution in [0.15, 0.2) is 0 Å². The molecule has 8 atom stereocenters. The van der Waals surface area contributed by atoms with Gasteiger partial charge < -0.3 is 0 Å². The van der Waals surface area contributed by atoms with E-state index in [-0.39, 0.29) is 51.4 Å². The summed E-state index contributed by atoms with van der Waals surface area (Å²) in [5.74, 6) is -11.9. The molecule has 0 rings (SSSR count). The molecule has 21 heteroatoms. The Morgan fingerprint density at radius 2 is 0.377 bits per heavy atom. The van der Waals surface area contributed by atoms with E-state index in [1.807, 2.05) is 0 Å². The van der Waals surface area contributed by atoms with Gasteiger partial charge in [-0.15, -0.1) is 0 Å². The van der Waals surface area contributed by atoms with Gasteiger partial charge in [0.2, 0.25) is 46.3 Å². The smallest absolute Gasteiger partial charge is 0.237 e. The van der Waals surface area contributed by atoms with Crippen LogP contribution >= 0.6 is 0 Å². The standard InChI is InChI=1S/C32H66O21/c1-17-25(9,35-33)37-41-28(12,20-4)45-51-47-30(14,22-6)43-39-27(11,19-3)40-44-31(15,23-7)48-53-50-32(16,24-8)49-52-46-29(13,21-5)42-38-26(10,18-2)36-34/h33-34H,17-24H2,1-16H3. The molecule has 0 spiro atoms. The van der Waals surface area contributed by atoms with Crippen molar-refractivity contribution < 1.29 is 104 Å². The average molecular weight is 787 g/mol. The predicted molar refractivity (Wildman–Crippen MR) is 175 cm³/mol. The van der Waals surface area contributed by atoms with Gasteiger partial charge in [0.25, 0.3) is 0 Å². The van der Waals surface area contributed by atoms with Gasteiger partial charge in [-0.2, -0.15) is 68.4 Å². The van der Waals surface area contributed by atoms with Crippen molar-refractivity contribution >= 4 is 0 Å². The normalized spacial score (nSPS) is 21.6. The van der Waals surface area contributed by atoms with E-state index in [1.165, 1.54) is 48.5 Å². The molecule has 0 aliphatic heterocycles. The van der Waals surface area contributed by atoms with E-state index in [4.69, 9.17) is 94.1 Å². The van der Waals surface area contributed by atoms with Crippen molar-refractivity contribution in [2.24, 2.45) is 0 Å². The van der Waals surface area contributed by atoms with Crippen molar-refractivity contribution in [3.05, 3.63) is 0 Å². The summed E-state index contributed by atoms with van der Waals surface area (Å²) in [6.45, 7) is 25.8. The van der Waals surface area contributed by atoms with Crippen molar-refractivity contribution in [3.8, 4) is 0 Å². The maximum atomic E-state index is 9.09. The molecule has 0 aromatic rings. The first-order valence-corrected chi connectivity index (χ1v) is 17.8. The zero-order valence-corrected chi connectivity index (χ0v) is 34.3. The van der Waals surface area contributed by atoms with Gasteiger partial charge >= 0.3 is 0 Å². The fraction of sp³-hybridized carbons (Fsp3) is 1.00. The second-order valence-electron chi connectivity index (χ2n) is 13.5. The Labute approximate surface area is 312 Å². The maximum Gasteiger partial charge on any atom is 0.237 e. The van der Waals surface area contributed by atoms with Gasteiger partial charge in [-0.05, 0) is 55.4 Å². The van der Waals surface area contributed by atoms with Crippen molar-refractivity contribution in [1.29, 1.82) is 0 Å². The Morgan fingerprint density at radius 3 is 0.528 bits per heavy atom. The molecule has 0 aliphatic rings. The van der Waals surface area contributed by atoms with Crippen LogP contribution in [0, 0.1) is 0 Å². The third kappa shape index (κ3) is 18.8. The molecule has 0 bridgehead atoms. The van der Waals surface area contributed by atoms with E-state index in [0.29, 0.717) is 0 Å². The minimum atomic E-state index is -1.56. The molecule has 0 amide bonds. The molecule has 320 valence electrons. The summed E-state index contributed by atoms with van der Waals surface area (Å²) in [5.41, 5.74) is 0. The Hall–Kier alpha value is -0.840. The van der Waals surface area contributed by atoms with Crippen LogP contribution in [0.2, 0.25) is 0 Å². The van der Waals surface area contributed by atoms with E-state index in [1.54, 1.807) is 62.3 Å². The second-order valence-corrected chi connectivity index (χ2v) is 13.5. The van der Waals surface area contributed by atoms with Gasteiger partial charge in [0, 0.05) is 51.4 Å². The molecule has 0 aliphatic carbocycles. The van der Waals surface area contributed by atoms with Crippen molar-refractivity contribution in [2.45, 2.75) is 208 Å². The summed E-state index contributed by atoms with van der Waals surface area (Å²) in [5, 5.41) is 33.1. The van der Waals surface area contributed by atoms with Gasteiger partial charge in [0.05, 0.1) is 0 Å². The lowest BCUT2D eigenvalue weighted by Crippen LogP contribution is -2.43. The summed E-state index contributed by atoms with van der Waals surface area (Å²) < 4.78 is 0. The largest absolute Gasteiger partial charge is 0.249 e. The second kappa shape index (κ2) is 23.4. The molecule has 53 heavy (non-hydrogen) atoms. The van der Waals surface area contributed by atoms with Gasteiger partial charge in [0.1, 0.15) is 0 Å². The van der Waals surface area contributed by atoms with Crippen LogP contribution in [-0.2, 0) is 93.3 Å². The summed E-state index contributed by atoms with van der Waals surface area (Å²) in [4.78, 5) is 83.7. The fourth-order valence-electron chi connectivity index (χ4n) is 2.26. The van der Waals surface area contributed by atoms with Crippen LogP contribution < -0.4 is 0 Å². The lowest BCUT2D eigenvalue weighted by Gasteiger charge is -2.35. The van der Waals surface area contributed by atoms with Crippen LogP contribution in [0.4, 0.5) is 0 Å². The molecule has 0 heterocycles. The third-order valence-corrected chi connectivity index (χ3v) is 8.36. The number of hydrogen-bond donors (Lipinski definition) is 2. The quantitative estimate of drug-likeness (QED) is 0.0355. The fourth-order valence-corrected chi connectivity index (χ4v) is 2.26. The topological polar surface area (TPSA) is 216 Å². The van der Waals surface area contributed by atoms with Gasteiger partial charge in [-0.1, -0.05) is 70.5 Å². The summed E-state index contributed by atoms with van der Waals surface area (Å²) in [6, 6.07) is 0. The molecular weight excluding hydrogens is 720 g/mol. The van der Waals surface area contributed by atoms with Gasteiger partial charge in [0.15, 0.2) is 0 Å². The van der Waals surface area contributed by atoms with Crippen LogP contribution in [-0.4, -0.2) is 56.8 Å². The molecular formula is C32H66O21. The molecule has 0 radical (unpaired) electrons. The summed E-state index contributed by atoms with van der Waals surface area (Å²) in [7, 11) is 0. The first-order chi connectivity index (χ1) is 24.6. The molecule has 8 unspecified atom stereocenters. The van der Waals surface area contributed by atoms with Gasteiger partial charge in [-0.25, -0.2) is 20.3 Å². The first-order valence-electron chi connectivity index (χ1n) is 17.8. The predicted octanol–water partition coefficient (Wildman–Crippen LogP) is 8.41. The van der Waals surface area contributed by atoms with E-state index < -0.39 is 46.3 Å². The minimum Gasteiger partial charge on any atom is -0.249 e. The zero-order valence-electron chi connectivity index (χ0n) is 34.3. The molecule has 2 N–H and O–H groups in total. The number of rotatable bonds is 34. The van der Waals surface area contributed by atoms with Crippen LogP contribution in [0.5, 0.6) is 0 Å². The summed E-state index contributed by atoms with van der Waals surface area (Å²) >= 11 is 0. The number of hydrogen-bond acceptors (Lipinski definition) is 21. The Balaban J connectivity index is 5.15. The Kier molecular flexibility index (Phi) is 23.0. The zero-order chi connectivity index (χ0) is 41.1. The molecule has 0 saturated carbocycles. The Bertz CT molecular complexity index is 974. The highest BCUT2D eigenvalue weighted by Crippen LogP contribution is 2.31. The van der Waals surface area contributed by atoms with E-state index in [2.05, 4.69) is 9.78 Å². The first kappa shape index (κ1) is 52.2. The summed E-state index contributed by atoms with van der Waals surface area (Å²) in [6.07, 6.45) is 1.83. The lowest BCUT2D eigenvalue weighted by atomic mass is 10.2. The SMILES string of the molecule is CCC(C)(OO)OOC(C)(CC)OOOC(C)(CC)OOOC(C)(CC)OOC(C)(CC)OOC(C)(CC)OOOC(C)(CC)OOC(C)(CC)OO. The highest BCUT2D eigenvalue weighted by atomic mass is 17.6. The molecule has 0 aromatic carbocycles. The van der Waals surface area contributed by atoms with E-state index in [0.717, 1.165) is 0 Å². The average Bonchev–Trinajstić information content (AvgIpc) is 3.17. The van der Waals surface area contributed by atoms with Crippen molar-refractivity contribution in [2.75, 3.05) is 0 Å². The lowest BCUT2D eigenvalue weighted by molar-refractivity contribution is -0.695. The molecule has 21 nitrogen and oxygen atoms in total. The molecule has 0 fully saturated rings. The third-order valence-electron chi connectivity index (χ3n) is 8.36.